The second-order valence-electron chi connectivity index (χ2n) is 5.92. The first-order valence-corrected chi connectivity index (χ1v) is 8.45. The van der Waals surface area contributed by atoms with Crippen LogP contribution in [0.3, 0.4) is 0 Å². The molecule has 0 spiro atoms. The molecule has 1 amide bonds. The molecule has 7 nitrogen and oxygen atoms in total. The van der Waals surface area contributed by atoms with Crippen molar-refractivity contribution in [1.29, 1.82) is 5.26 Å². The highest BCUT2D eigenvalue weighted by Gasteiger charge is 2.26. The van der Waals surface area contributed by atoms with E-state index >= 15 is 0 Å². The van der Waals surface area contributed by atoms with Crippen molar-refractivity contribution in [3.05, 3.63) is 35.9 Å². The molecule has 1 aromatic rings. The summed E-state index contributed by atoms with van der Waals surface area (Å²) >= 11 is 0. The van der Waals surface area contributed by atoms with Gasteiger partial charge in [0.15, 0.2) is 6.19 Å². The minimum atomic E-state index is 0.0714. The van der Waals surface area contributed by atoms with Gasteiger partial charge in [-0.2, -0.15) is 10.4 Å². The van der Waals surface area contributed by atoms with Gasteiger partial charge in [0.2, 0.25) is 11.9 Å². The van der Waals surface area contributed by atoms with Crippen molar-refractivity contribution in [3.63, 3.8) is 0 Å². The van der Waals surface area contributed by atoms with E-state index in [0.717, 1.165) is 24.1 Å². The maximum atomic E-state index is 12.2. The molecule has 0 bridgehead atoms. The smallest absolute Gasteiger partial charge is 0.243 e. The highest BCUT2D eigenvalue weighted by molar-refractivity contribution is 6.05. The molecule has 0 fully saturated rings. The van der Waals surface area contributed by atoms with Gasteiger partial charge in [0.1, 0.15) is 0 Å². The van der Waals surface area contributed by atoms with Crippen molar-refractivity contribution in [2.24, 2.45) is 16.0 Å². The zero-order valence-electron chi connectivity index (χ0n) is 14.7. The number of guanidine groups is 1. The third kappa shape index (κ3) is 5.31. The molecule has 1 heterocycles. The first kappa shape index (κ1) is 18.5. The van der Waals surface area contributed by atoms with Gasteiger partial charge in [0, 0.05) is 32.5 Å². The van der Waals surface area contributed by atoms with E-state index < -0.39 is 0 Å². The van der Waals surface area contributed by atoms with Crippen LogP contribution in [0.4, 0.5) is 0 Å². The number of amides is 1. The fourth-order valence-corrected chi connectivity index (χ4v) is 2.70. The molecular formula is C18H24N6O. The number of benzene rings is 1. The summed E-state index contributed by atoms with van der Waals surface area (Å²) in [5, 5.41) is 20.3. The summed E-state index contributed by atoms with van der Waals surface area (Å²) in [6.07, 6.45) is 3.99. The maximum Gasteiger partial charge on any atom is 0.243 e. The zero-order valence-corrected chi connectivity index (χ0v) is 14.7. The second kappa shape index (κ2) is 9.42. The summed E-state index contributed by atoms with van der Waals surface area (Å²) in [6, 6.07) is 10.0. The molecule has 1 aliphatic heterocycles. The Kier molecular flexibility index (Phi) is 6.96. The van der Waals surface area contributed by atoms with E-state index in [1.807, 2.05) is 43.4 Å². The van der Waals surface area contributed by atoms with Gasteiger partial charge in [-0.25, -0.2) is 5.01 Å². The van der Waals surface area contributed by atoms with Gasteiger partial charge in [0.25, 0.3) is 0 Å². The quantitative estimate of drug-likeness (QED) is 0.271. The predicted octanol–water partition coefficient (Wildman–Crippen LogP) is 1.69. The second-order valence-corrected chi connectivity index (χ2v) is 5.92. The van der Waals surface area contributed by atoms with E-state index in [1.165, 1.54) is 0 Å². The molecule has 0 saturated heterocycles. The Morgan fingerprint density at radius 1 is 1.40 bits per heavy atom. The van der Waals surface area contributed by atoms with Crippen LogP contribution in [-0.2, 0) is 4.79 Å². The molecule has 1 atom stereocenters. The minimum Gasteiger partial charge on any atom is -0.356 e. The molecule has 132 valence electrons. The van der Waals surface area contributed by atoms with Gasteiger partial charge < -0.3 is 5.32 Å². The Morgan fingerprint density at radius 2 is 2.16 bits per heavy atom. The summed E-state index contributed by atoms with van der Waals surface area (Å²) in [4.78, 5) is 16.1. The molecule has 0 aliphatic carbocycles. The Labute approximate surface area is 148 Å². The standard InChI is InChI=1S/C18H24N6O/c1-14-12-16(25)24(23-17(14)15-8-4-3-5-9-15)11-7-6-10-21-18(20-2)22-13-19/h3-5,8-9,14H,6-7,10-12H2,1-2H3,(H2,20,21,22). The fraction of sp³-hybridized carbons (Fsp3) is 0.444. The van der Waals surface area contributed by atoms with Gasteiger partial charge in [-0.15, -0.1) is 0 Å². The molecule has 2 rings (SSSR count). The first-order chi connectivity index (χ1) is 12.2. The highest BCUT2D eigenvalue weighted by Crippen LogP contribution is 2.20. The minimum absolute atomic E-state index is 0.0714. The largest absolute Gasteiger partial charge is 0.356 e. The van der Waals surface area contributed by atoms with Crippen LogP contribution in [0.2, 0.25) is 0 Å². The first-order valence-electron chi connectivity index (χ1n) is 8.45. The molecule has 0 saturated carbocycles. The van der Waals surface area contributed by atoms with Crippen LogP contribution in [0.15, 0.2) is 40.4 Å². The van der Waals surface area contributed by atoms with Crippen LogP contribution < -0.4 is 10.6 Å². The molecule has 1 unspecified atom stereocenters. The lowest BCUT2D eigenvalue weighted by molar-refractivity contribution is -0.132. The third-order valence-electron chi connectivity index (χ3n) is 4.02. The maximum absolute atomic E-state index is 12.2. The lowest BCUT2D eigenvalue weighted by Gasteiger charge is -2.27. The van der Waals surface area contributed by atoms with Gasteiger partial charge >= 0.3 is 0 Å². The van der Waals surface area contributed by atoms with Crippen molar-refractivity contribution in [2.45, 2.75) is 26.2 Å². The SMILES string of the molecule is C/N=C(\NC#N)NCCCCN1N=C(c2ccccc2)C(C)CC1=O. The number of hydrazone groups is 1. The van der Waals surface area contributed by atoms with Gasteiger partial charge in [-0.3, -0.25) is 15.1 Å². The third-order valence-corrected chi connectivity index (χ3v) is 4.02. The molecule has 7 heteroatoms. The fourth-order valence-electron chi connectivity index (χ4n) is 2.70. The van der Waals surface area contributed by atoms with Crippen molar-refractivity contribution in [1.82, 2.24) is 15.6 Å². The van der Waals surface area contributed by atoms with E-state index in [2.05, 4.69) is 20.7 Å². The number of aliphatic imine (C=N–C) groups is 1. The Bertz CT molecular complexity index is 677. The van der Waals surface area contributed by atoms with Crippen molar-refractivity contribution >= 4 is 17.6 Å². The van der Waals surface area contributed by atoms with Crippen molar-refractivity contribution in [3.8, 4) is 6.19 Å². The van der Waals surface area contributed by atoms with E-state index in [4.69, 9.17) is 5.26 Å². The summed E-state index contributed by atoms with van der Waals surface area (Å²) in [7, 11) is 1.61. The predicted molar refractivity (Wildman–Crippen MR) is 97.8 cm³/mol. The van der Waals surface area contributed by atoms with Crippen LogP contribution in [0.25, 0.3) is 0 Å². The van der Waals surface area contributed by atoms with Gasteiger partial charge in [-0.1, -0.05) is 37.3 Å². The number of nitriles is 1. The van der Waals surface area contributed by atoms with E-state index in [-0.39, 0.29) is 11.8 Å². The Morgan fingerprint density at radius 3 is 2.84 bits per heavy atom. The van der Waals surface area contributed by atoms with Gasteiger partial charge in [0.05, 0.1) is 5.71 Å². The number of nitrogens with zero attached hydrogens (tertiary/aromatic N) is 4. The lowest BCUT2D eigenvalue weighted by Crippen LogP contribution is -2.37. The lowest BCUT2D eigenvalue weighted by atomic mass is 9.94. The number of carbonyl (C=O) groups is 1. The molecule has 1 aromatic carbocycles. The number of hydrogen-bond donors (Lipinski definition) is 2. The number of hydrogen-bond acceptors (Lipinski definition) is 4. The van der Waals surface area contributed by atoms with Crippen LogP contribution in [0.5, 0.6) is 0 Å². The summed E-state index contributed by atoms with van der Waals surface area (Å²) in [6.45, 7) is 3.31. The summed E-state index contributed by atoms with van der Waals surface area (Å²) in [5.41, 5.74) is 2.04. The van der Waals surface area contributed by atoms with E-state index in [0.29, 0.717) is 25.5 Å². The van der Waals surface area contributed by atoms with Gasteiger partial charge in [-0.05, 0) is 18.4 Å². The number of nitrogens with one attached hydrogen (secondary N) is 2. The Hall–Kier alpha value is -2.88. The number of rotatable bonds is 6. The molecule has 2 N–H and O–H groups in total. The highest BCUT2D eigenvalue weighted by atomic mass is 16.2. The normalized spacial score (nSPS) is 17.7. The van der Waals surface area contributed by atoms with Crippen LogP contribution in [0.1, 0.15) is 31.7 Å². The Balaban J connectivity index is 1.87. The van der Waals surface area contributed by atoms with E-state index in [1.54, 1.807) is 12.1 Å². The zero-order chi connectivity index (χ0) is 18.1. The number of unbranched alkanes of at least 4 members (excludes halogenated alkanes) is 1. The monoisotopic (exact) mass is 340 g/mol. The van der Waals surface area contributed by atoms with Crippen LogP contribution in [0, 0.1) is 17.4 Å². The molecular weight excluding hydrogens is 316 g/mol. The average molecular weight is 340 g/mol. The summed E-state index contributed by atoms with van der Waals surface area (Å²) < 4.78 is 0. The van der Waals surface area contributed by atoms with Crippen molar-refractivity contribution in [2.75, 3.05) is 20.1 Å². The van der Waals surface area contributed by atoms with Crippen molar-refractivity contribution < 1.29 is 4.79 Å². The average Bonchev–Trinajstić information content (AvgIpc) is 2.62. The molecule has 1 aliphatic rings. The van der Waals surface area contributed by atoms with Crippen LogP contribution >= 0.6 is 0 Å². The molecule has 25 heavy (non-hydrogen) atoms. The van der Waals surface area contributed by atoms with E-state index in [9.17, 15) is 4.79 Å². The number of carbonyl (C=O) groups excluding carboxylic acids is 1. The van der Waals surface area contributed by atoms with Crippen LogP contribution in [-0.4, -0.2) is 42.7 Å². The molecule has 0 radical (unpaired) electrons. The summed E-state index contributed by atoms with van der Waals surface area (Å²) in [5.74, 6) is 0.657. The topological polar surface area (TPSA) is 92.9 Å². The molecule has 0 aromatic heterocycles.